The lowest BCUT2D eigenvalue weighted by Crippen LogP contribution is -2.53. The Bertz CT molecular complexity index is 891. The Labute approximate surface area is 185 Å². The predicted octanol–water partition coefficient (Wildman–Crippen LogP) is 3.06. The van der Waals surface area contributed by atoms with Crippen molar-refractivity contribution in [3.8, 4) is 17.0 Å². The van der Waals surface area contributed by atoms with Crippen molar-refractivity contribution in [2.24, 2.45) is 0 Å². The molecular formula is C25H34N4O2. The number of aromatic nitrogens is 1. The second-order valence-electron chi connectivity index (χ2n) is 8.71. The minimum Gasteiger partial charge on any atom is -0.481 e. The van der Waals surface area contributed by atoms with Gasteiger partial charge in [-0.2, -0.15) is 0 Å². The predicted molar refractivity (Wildman–Crippen MR) is 123 cm³/mol. The van der Waals surface area contributed by atoms with E-state index in [-0.39, 0.29) is 5.91 Å². The van der Waals surface area contributed by atoms with Crippen LogP contribution in [0.15, 0.2) is 36.5 Å². The highest BCUT2D eigenvalue weighted by Gasteiger charge is 2.26. The summed E-state index contributed by atoms with van der Waals surface area (Å²) in [7, 11) is 1.63. The molecule has 2 aliphatic rings. The molecule has 2 aliphatic heterocycles. The number of amides is 1. The van der Waals surface area contributed by atoms with E-state index in [0.717, 1.165) is 57.7 Å². The van der Waals surface area contributed by atoms with Crippen molar-refractivity contribution >= 4 is 5.91 Å². The van der Waals surface area contributed by atoms with Crippen LogP contribution < -0.4 is 4.74 Å². The summed E-state index contributed by atoms with van der Waals surface area (Å²) in [5, 5.41) is 0. The van der Waals surface area contributed by atoms with Crippen molar-refractivity contribution in [1.29, 1.82) is 0 Å². The highest BCUT2D eigenvalue weighted by molar-refractivity contribution is 5.78. The van der Waals surface area contributed by atoms with Crippen LogP contribution in [0.2, 0.25) is 0 Å². The molecule has 3 heterocycles. The number of methoxy groups -OCH3 is 1. The van der Waals surface area contributed by atoms with E-state index in [2.05, 4.69) is 46.8 Å². The quantitative estimate of drug-likeness (QED) is 0.716. The average Bonchev–Trinajstić information content (AvgIpc) is 2.83. The van der Waals surface area contributed by atoms with Gasteiger partial charge in [-0.3, -0.25) is 14.6 Å². The Morgan fingerprint density at radius 2 is 1.84 bits per heavy atom. The van der Waals surface area contributed by atoms with Crippen LogP contribution in [-0.2, 0) is 17.8 Å². The normalized spacial score (nSPS) is 18.5. The van der Waals surface area contributed by atoms with Crippen LogP contribution in [0.5, 0.6) is 5.88 Å². The fourth-order valence-corrected chi connectivity index (χ4v) is 4.56. The molecule has 1 saturated heterocycles. The van der Waals surface area contributed by atoms with Crippen molar-refractivity contribution in [1.82, 2.24) is 19.7 Å². The molecule has 0 saturated carbocycles. The number of fused-ring (bicyclic) bond motifs is 1. The van der Waals surface area contributed by atoms with Crippen LogP contribution in [0.1, 0.15) is 31.4 Å². The molecule has 0 radical (unpaired) electrons. The number of ether oxygens (including phenoxy) is 1. The lowest BCUT2D eigenvalue weighted by atomic mass is 9.95. The number of pyridine rings is 1. The third kappa shape index (κ3) is 5.08. The van der Waals surface area contributed by atoms with Gasteiger partial charge in [-0.15, -0.1) is 0 Å². The van der Waals surface area contributed by atoms with Crippen molar-refractivity contribution in [2.75, 3.05) is 46.4 Å². The molecular weight excluding hydrogens is 388 g/mol. The molecule has 0 aliphatic carbocycles. The fourth-order valence-electron chi connectivity index (χ4n) is 4.56. The summed E-state index contributed by atoms with van der Waals surface area (Å²) in [5.74, 6) is 0.900. The number of piperazine rings is 1. The zero-order valence-corrected chi connectivity index (χ0v) is 19.0. The molecule has 2 aromatic rings. The minimum atomic E-state index is 0.271. The first kappa shape index (κ1) is 21.8. The molecule has 1 atom stereocenters. The van der Waals surface area contributed by atoms with Crippen molar-refractivity contribution in [3.05, 3.63) is 47.7 Å². The lowest BCUT2D eigenvalue weighted by molar-refractivity contribution is -0.134. The summed E-state index contributed by atoms with van der Waals surface area (Å²) < 4.78 is 5.15. The van der Waals surface area contributed by atoms with Gasteiger partial charge in [0.05, 0.1) is 13.7 Å². The number of carbonyl (C=O) groups is 1. The summed E-state index contributed by atoms with van der Waals surface area (Å²) in [5.41, 5.74) is 4.97. The number of hydrogen-bond acceptors (Lipinski definition) is 5. The smallest absolute Gasteiger partial charge is 0.236 e. The topological polar surface area (TPSA) is 48.9 Å². The van der Waals surface area contributed by atoms with Gasteiger partial charge in [-0.1, -0.05) is 25.1 Å². The molecule has 0 bridgehead atoms. The second-order valence-corrected chi connectivity index (χ2v) is 8.71. The number of carbonyl (C=O) groups excluding carboxylic acids is 1. The highest BCUT2D eigenvalue weighted by Crippen LogP contribution is 2.27. The third-order valence-corrected chi connectivity index (χ3v) is 6.82. The summed E-state index contributed by atoms with van der Waals surface area (Å²) >= 11 is 0. The summed E-state index contributed by atoms with van der Waals surface area (Å²) in [6.07, 6.45) is 4.00. The molecule has 1 fully saturated rings. The molecule has 6 nitrogen and oxygen atoms in total. The average molecular weight is 423 g/mol. The summed E-state index contributed by atoms with van der Waals surface area (Å²) in [6, 6.07) is 11.2. The molecule has 4 rings (SSSR count). The van der Waals surface area contributed by atoms with E-state index >= 15 is 0 Å². The molecule has 1 unspecified atom stereocenters. The monoisotopic (exact) mass is 422 g/mol. The van der Waals surface area contributed by atoms with Gasteiger partial charge < -0.3 is 9.64 Å². The maximum absolute atomic E-state index is 12.9. The molecule has 1 aromatic heterocycles. The molecule has 0 spiro atoms. The van der Waals surface area contributed by atoms with Gasteiger partial charge in [0.25, 0.3) is 0 Å². The van der Waals surface area contributed by atoms with Crippen LogP contribution in [0.25, 0.3) is 11.1 Å². The Balaban J connectivity index is 1.33. The number of benzene rings is 1. The number of nitrogens with zero attached hydrogens (tertiary/aromatic N) is 4. The number of hydrogen-bond donors (Lipinski definition) is 0. The molecule has 1 amide bonds. The summed E-state index contributed by atoms with van der Waals surface area (Å²) in [6.45, 7) is 10.5. The van der Waals surface area contributed by atoms with Crippen molar-refractivity contribution in [2.45, 2.75) is 39.3 Å². The second kappa shape index (κ2) is 9.79. The zero-order chi connectivity index (χ0) is 21.8. The van der Waals surface area contributed by atoms with Crippen LogP contribution in [0.3, 0.4) is 0 Å². The molecule has 31 heavy (non-hydrogen) atoms. The van der Waals surface area contributed by atoms with Crippen LogP contribution >= 0.6 is 0 Å². The van der Waals surface area contributed by atoms with Gasteiger partial charge in [0.15, 0.2) is 0 Å². The van der Waals surface area contributed by atoms with Gasteiger partial charge in [-0.05, 0) is 42.5 Å². The zero-order valence-electron chi connectivity index (χ0n) is 19.0. The van der Waals surface area contributed by atoms with Gasteiger partial charge >= 0.3 is 0 Å². The first-order chi connectivity index (χ1) is 15.1. The van der Waals surface area contributed by atoms with Gasteiger partial charge in [0.2, 0.25) is 11.8 Å². The third-order valence-electron chi connectivity index (χ3n) is 6.82. The van der Waals surface area contributed by atoms with Crippen LogP contribution in [0, 0.1) is 0 Å². The van der Waals surface area contributed by atoms with Crippen LogP contribution in [-0.4, -0.2) is 78.0 Å². The SMILES string of the molecule is CCC(C)N1CCN(C(=O)CN2CCc3cc(-c4ccc(OC)nc4)ccc3C2)CC1. The molecule has 166 valence electrons. The van der Waals surface area contributed by atoms with E-state index in [1.165, 1.54) is 16.7 Å². The van der Waals surface area contributed by atoms with E-state index < -0.39 is 0 Å². The largest absolute Gasteiger partial charge is 0.481 e. The minimum absolute atomic E-state index is 0.271. The highest BCUT2D eigenvalue weighted by atomic mass is 16.5. The standard InChI is InChI=1S/C25H34N4O2/c1-4-19(2)28-11-13-29(14-12-28)25(30)18-27-10-9-21-15-20(5-6-23(21)17-27)22-7-8-24(31-3)26-16-22/h5-8,15-16,19H,4,9-14,17-18H2,1-3H3. The molecule has 1 aromatic carbocycles. The van der Waals surface area contributed by atoms with E-state index in [1.807, 2.05) is 23.2 Å². The lowest BCUT2D eigenvalue weighted by Gasteiger charge is -2.39. The van der Waals surface area contributed by atoms with E-state index in [4.69, 9.17) is 4.74 Å². The van der Waals surface area contributed by atoms with Gasteiger partial charge in [0.1, 0.15) is 0 Å². The Morgan fingerprint density at radius 3 is 2.52 bits per heavy atom. The van der Waals surface area contributed by atoms with E-state index in [9.17, 15) is 4.79 Å². The first-order valence-electron chi connectivity index (χ1n) is 11.4. The summed E-state index contributed by atoms with van der Waals surface area (Å²) in [4.78, 5) is 24.0. The Hall–Kier alpha value is -2.44. The number of rotatable bonds is 6. The Kier molecular flexibility index (Phi) is 6.88. The fraction of sp³-hybridized carbons (Fsp3) is 0.520. The first-order valence-corrected chi connectivity index (χ1v) is 11.4. The van der Waals surface area contributed by atoms with Gasteiger partial charge in [-0.25, -0.2) is 4.98 Å². The van der Waals surface area contributed by atoms with Crippen molar-refractivity contribution in [3.63, 3.8) is 0 Å². The van der Waals surface area contributed by atoms with Crippen molar-refractivity contribution < 1.29 is 9.53 Å². The van der Waals surface area contributed by atoms with E-state index in [1.54, 1.807) is 7.11 Å². The molecule has 0 N–H and O–H groups in total. The Morgan fingerprint density at radius 1 is 1.06 bits per heavy atom. The van der Waals surface area contributed by atoms with Gasteiger partial charge in [0, 0.05) is 63.1 Å². The van der Waals surface area contributed by atoms with Crippen LogP contribution in [0.4, 0.5) is 0 Å². The maximum atomic E-state index is 12.9. The molecule has 6 heteroatoms. The maximum Gasteiger partial charge on any atom is 0.236 e. The van der Waals surface area contributed by atoms with E-state index in [0.29, 0.717) is 18.5 Å².